The van der Waals surface area contributed by atoms with E-state index in [1.54, 1.807) is 24.3 Å². The van der Waals surface area contributed by atoms with E-state index in [1.807, 2.05) is 6.07 Å². The monoisotopic (exact) mass is 248 g/mol. The minimum absolute atomic E-state index is 0.200. The van der Waals surface area contributed by atoms with Gasteiger partial charge in [-0.1, -0.05) is 30.3 Å². The number of hydrogen-bond donors (Lipinski definition) is 2. The smallest absolute Gasteiger partial charge is 0.407 e. The van der Waals surface area contributed by atoms with Gasteiger partial charge in [-0.3, -0.25) is 4.79 Å². The Morgan fingerprint density at radius 3 is 2.61 bits per heavy atom. The summed E-state index contributed by atoms with van der Waals surface area (Å²) in [6, 6.07) is 7.56. The summed E-state index contributed by atoms with van der Waals surface area (Å²) in [5.41, 5.74) is 6.46. The number of Topliss-reactive ketones (excluding diaryl/α,β-unsaturated/α-hetero) is 1. The van der Waals surface area contributed by atoms with Gasteiger partial charge in [-0.05, 0) is 12.8 Å². The van der Waals surface area contributed by atoms with Gasteiger partial charge < -0.3 is 15.7 Å². The van der Waals surface area contributed by atoms with Crippen molar-refractivity contribution >= 4 is 11.9 Å². The van der Waals surface area contributed by atoms with Crippen LogP contribution in [0.3, 0.4) is 0 Å². The molecule has 1 unspecified atom stereocenters. The summed E-state index contributed by atoms with van der Waals surface area (Å²) in [4.78, 5) is 24.5. The van der Waals surface area contributed by atoms with Crippen molar-refractivity contribution in [1.82, 2.24) is 4.90 Å². The predicted molar refractivity (Wildman–Crippen MR) is 66.5 cm³/mol. The molecule has 2 rings (SSSR count). The highest BCUT2D eigenvalue weighted by Crippen LogP contribution is 2.21. The Bertz CT molecular complexity index is 447. The van der Waals surface area contributed by atoms with Crippen molar-refractivity contribution in [2.45, 2.75) is 24.9 Å². The van der Waals surface area contributed by atoms with Crippen LogP contribution in [0.1, 0.15) is 23.2 Å². The number of rotatable bonds is 3. The van der Waals surface area contributed by atoms with E-state index in [4.69, 9.17) is 10.8 Å². The highest BCUT2D eigenvalue weighted by atomic mass is 16.4. The molecule has 1 fully saturated rings. The summed E-state index contributed by atoms with van der Waals surface area (Å²) in [6.45, 7) is 0.454. The third kappa shape index (κ3) is 2.36. The van der Waals surface area contributed by atoms with Crippen molar-refractivity contribution in [2.24, 2.45) is 5.73 Å². The molecular weight excluding hydrogens is 232 g/mol. The Balaban J connectivity index is 2.14. The van der Waals surface area contributed by atoms with Gasteiger partial charge in [-0.15, -0.1) is 0 Å². The van der Waals surface area contributed by atoms with E-state index in [1.165, 1.54) is 4.90 Å². The zero-order chi connectivity index (χ0) is 13.1. The fourth-order valence-corrected chi connectivity index (χ4v) is 2.37. The molecule has 1 aromatic carbocycles. The summed E-state index contributed by atoms with van der Waals surface area (Å²) < 4.78 is 0. The Labute approximate surface area is 105 Å². The fourth-order valence-electron chi connectivity index (χ4n) is 2.37. The average molecular weight is 248 g/mol. The van der Waals surface area contributed by atoms with Crippen molar-refractivity contribution in [3.63, 3.8) is 0 Å². The molecule has 0 saturated carbocycles. The van der Waals surface area contributed by atoms with Gasteiger partial charge in [0.25, 0.3) is 0 Å². The van der Waals surface area contributed by atoms with Crippen molar-refractivity contribution in [3.05, 3.63) is 35.9 Å². The van der Waals surface area contributed by atoms with Gasteiger partial charge in [0, 0.05) is 12.1 Å². The molecule has 0 spiro atoms. The first kappa shape index (κ1) is 12.6. The number of carbonyl (C=O) groups is 2. The van der Waals surface area contributed by atoms with E-state index in [9.17, 15) is 9.59 Å². The molecule has 1 amide bonds. The number of benzene rings is 1. The Kier molecular flexibility index (Phi) is 3.62. The van der Waals surface area contributed by atoms with Crippen LogP contribution in [0.5, 0.6) is 0 Å². The second-order valence-corrected chi connectivity index (χ2v) is 4.44. The van der Waals surface area contributed by atoms with E-state index >= 15 is 0 Å². The maximum absolute atomic E-state index is 12.2. The van der Waals surface area contributed by atoms with Gasteiger partial charge >= 0.3 is 6.09 Å². The molecule has 1 aromatic rings. The van der Waals surface area contributed by atoms with Crippen LogP contribution in [-0.2, 0) is 0 Å². The summed E-state index contributed by atoms with van der Waals surface area (Å²) in [5.74, 6) is -0.200. The zero-order valence-corrected chi connectivity index (χ0v) is 9.95. The number of carbonyl (C=O) groups excluding carboxylic acids is 1. The SMILES string of the molecule is NC(C(=O)c1ccccc1)[C@@H]1CCCN1C(=O)O. The number of carboxylic acid groups (broad SMARTS) is 1. The Hall–Kier alpha value is -1.88. The second-order valence-electron chi connectivity index (χ2n) is 4.44. The van der Waals surface area contributed by atoms with Crippen LogP contribution in [0, 0.1) is 0 Å². The predicted octanol–water partition coefficient (Wildman–Crippen LogP) is 1.34. The standard InChI is InChI=1S/C13H16N2O3/c14-11(10-7-4-8-15(10)13(17)18)12(16)9-5-2-1-3-6-9/h1-3,5-6,10-11H,4,7-8,14H2,(H,17,18)/t10-,11?/m0/s1. The lowest BCUT2D eigenvalue weighted by atomic mass is 9.97. The van der Waals surface area contributed by atoms with E-state index < -0.39 is 18.2 Å². The van der Waals surface area contributed by atoms with Crippen LogP contribution in [0.2, 0.25) is 0 Å². The van der Waals surface area contributed by atoms with Crippen LogP contribution in [0.4, 0.5) is 4.79 Å². The number of nitrogens with two attached hydrogens (primary N) is 1. The summed E-state index contributed by atoms with van der Waals surface area (Å²) in [6.07, 6.45) is 0.396. The molecule has 18 heavy (non-hydrogen) atoms. The number of likely N-dealkylation sites (tertiary alicyclic amines) is 1. The first-order valence-corrected chi connectivity index (χ1v) is 5.95. The molecule has 5 heteroatoms. The number of ketones is 1. The summed E-state index contributed by atoms with van der Waals surface area (Å²) in [7, 11) is 0. The lowest BCUT2D eigenvalue weighted by molar-refractivity contribution is 0.0896. The van der Waals surface area contributed by atoms with Gasteiger partial charge in [-0.25, -0.2) is 4.79 Å². The molecule has 3 N–H and O–H groups in total. The first-order chi connectivity index (χ1) is 8.61. The fraction of sp³-hybridized carbons (Fsp3) is 0.385. The summed E-state index contributed by atoms with van der Waals surface area (Å²) in [5, 5.41) is 9.04. The van der Waals surface area contributed by atoms with E-state index in [0.29, 0.717) is 18.5 Å². The van der Waals surface area contributed by atoms with Gasteiger partial charge in [0.2, 0.25) is 0 Å². The molecule has 0 bridgehead atoms. The average Bonchev–Trinajstić information content (AvgIpc) is 2.87. The van der Waals surface area contributed by atoms with Crippen LogP contribution in [0.15, 0.2) is 30.3 Å². The number of nitrogens with zero attached hydrogens (tertiary/aromatic N) is 1. The molecule has 2 atom stereocenters. The highest BCUT2D eigenvalue weighted by Gasteiger charge is 2.36. The molecule has 1 aliphatic rings. The molecule has 1 aliphatic heterocycles. The van der Waals surface area contributed by atoms with Crippen molar-refractivity contribution in [2.75, 3.05) is 6.54 Å². The molecule has 5 nitrogen and oxygen atoms in total. The van der Waals surface area contributed by atoms with Gasteiger partial charge in [0.05, 0.1) is 12.1 Å². The van der Waals surface area contributed by atoms with Crippen molar-refractivity contribution in [3.8, 4) is 0 Å². The van der Waals surface area contributed by atoms with E-state index in [-0.39, 0.29) is 5.78 Å². The van der Waals surface area contributed by atoms with Crippen molar-refractivity contribution < 1.29 is 14.7 Å². The Morgan fingerprint density at radius 1 is 1.33 bits per heavy atom. The third-order valence-electron chi connectivity index (χ3n) is 3.32. The maximum Gasteiger partial charge on any atom is 0.407 e. The second kappa shape index (κ2) is 5.18. The van der Waals surface area contributed by atoms with Crippen molar-refractivity contribution in [1.29, 1.82) is 0 Å². The zero-order valence-electron chi connectivity index (χ0n) is 9.95. The normalized spacial score (nSPS) is 20.7. The van der Waals surface area contributed by atoms with Crippen LogP contribution in [-0.4, -0.2) is 40.5 Å². The van der Waals surface area contributed by atoms with E-state index in [2.05, 4.69) is 0 Å². The first-order valence-electron chi connectivity index (χ1n) is 5.95. The van der Waals surface area contributed by atoms with Crippen LogP contribution < -0.4 is 5.73 Å². The lowest BCUT2D eigenvalue weighted by Gasteiger charge is -2.26. The van der Waals surface area contributed by atoms with Crippen LogP contribution >= 0.6 is 0 Å². The highest BCUT2D eigenvalue weighted by molar-refractivity contribution is 6.00. The number of amides is 1. The molecule has 96 valence electrons. The van der Waals surface area contributed by atoms with Gasteiger partial charge in [-0.2, -0.15) is 0 Å². The Morgan fingerprint density at radius 2 is 2.00 bits per heavy atom. The molecule has 1 heterocycles. The van der Waals surface area contributed by atoms with Gasteiger partial charge in [0.15, 0.2) is 5.78 Å². The quantitative estimate of drug-likeness (QED) is 0.791. The lowest BCUT2D eigenvalue weighted by Crippen LogP contribution is -2.50. The summed E-state index contributed by atoms with van der Waals surface area (Å²) >= 11 is 0. The molecule has 1 saturated heterocycles. The largest absolute Gasteiger partial charge is 0.465 e. The maximum atomic E-state index is 12.2. The third-order valence-corrected chi connectivity index (χ3v) is 3.32. The minimum Gasteiger partial charge on any atom is -0.465 e. The molecular formula is C13H16N2O3. The molecule has 0 aromatic heterocycles. The van der Waals surface area contributed by atoms with E-state index in [0.717, 1.165) is 6.42 Å². The number of hydrogen-bond acceptors (Lipinski definition) is 3. The van der Waals surface area contributed by atoms with Gasteiger partial charge in [0.1, 0.15) is 0 Å². The topological polar surface area (TPSA) is 83.6 Å². The van der Waals surface area contributed by atoms with Crippen LogP contribution in [0.25, 0.3) is 0 Å². The minimum atomic E-state index is -1.01. The molecule has 0 aliphatic carbocycles. The molecule has 0 radical (unpaired) electrons.